The smallest absolute Gasteiger partial charge is 0.369 e. The Morgan fingerprint density at radius 3 is 2.44 bits per heavy atom. The van der Waals surface area contributed by atoms with Crippen molar-refractivity contribution in [2.45, 2.75) is 25.4 Å². The molecule has 0 amide bonds. The van der Waals surface area contributed by atoms with E-state index in [4.69, 9.17) is 0 Å². The number of nitrogens with zero attached hydrogens (tertiary/aromatic N) is 4. The summed E-state index contributed by atoms with van der Waals surface area (Å²) in [7, 11) is 0. The maximum Gasteiger partial charge on any atom is 0.453 e. The lowest BCUT2D eigenvalue weighted by Crippen LogP contribution is -2.14. The molecule has 1 aliphatic carbocycles. The Balaban J connectivity index is 1.40. The average molecular weight is 347 g/mol. The number of rotatable bonds is 4. The highest BCUT2D eigenvalue weighted by Crippen LogP contribution is 2.29. The van der Waals surface area contributed by atoms with Crippen LogP contribution in [0.4, 0.5) is 19.0 Å². The molecule has 1 N–H and O–H groups in total. The van der Waals surface area contributed by atoms with Crippen LogP contribution in [-0.4, -0.2) is 26.4 Å². The summed E-state index contributed by atoms with van der Waals surface area (Å²) in [6, 6.07) is 11.5. The zero-order valence-corrected chi connectivity index (χ0v) is 13.3. The molecular weight excluding hydrogens is 331 g/mol. The number of nitrogens with one attached hydrogen (secondary N) is 1. The van der Waals surface area contributed by atoms with E-state index in [-0.39, 0.29) is 5.65 Å². The van der Waals surface area contributed by atoms with E-state index in [1.165, 1.54) is 17.2 Å². The Kier molecular flexibility index (Phi) is 3.82. The van der Waals surface area contributed by atoms with Gasteiger partial charge in [0.15, 0.2) is 5.65 Å². The Hall–Kier alpha value is -2.64. The van der Waals surface area contributed by atoms with E-state index in [1.807, 2.05) is 0 Å². The largest absolute Gasteiger partial charge is 0.453 e. The molecule has 0 radical (unpaired) electrons. The standard InChI is InChI=1S/C17H16F3N5/c18-17(19,20)16-23-22-15-6-5-14(24-25(15)16)21-8-7-11-9-12-3-1-2-4-13(12)10-11/h1-6,11H,7-10H2,(H,21,24). The predicted molar refractivity (Wildman–Crippen MR) is 86.2 cm³/mol. The van der Waals surface area contributed by atoms with E-state index in [0.29, 0.717) is 18.3 Å². The zero-order valence-electron chi connectivity index (χ0n) is 13.3. The van der Waals surface area contributed by atoms with Crippen LogP contribution in [0.2, 0.25) is 0 Å². The highest BCUT2D eigenvalue weighted by molar-refractivity contribution is 5.44. The number of anilines is 1. The van der Waals surface area contributed by atoms with Crippen LogP contribution in [0.15, 0.2) is 36.4 Å². The van der Waals surface area contributed by atoms with Gasteiger partial charge in [0, 0.05) is 6.54 Å². The maximum absolute atomic E-state index is 12.9. The number of benzene rings is 1. The third-order valence-electron chi connectivity index (χ3n) is 4.51. The second-order valence-electron chi connectivity index (χ2n) is 6.27. The fraction of sp³-hybridized carbons (Fsp3) is 0.353. The first kappa shape index (κ1) is 15.9. The van der Waals surface area contributed by atoms with E-state index in [9.17, 15) is 13.2 Å². The second kappa shape index (κ2) is 6.02. The number of hydrogen-bond donors (Lipinski definition) is 1. The first-order valence-electron chi connectivity index (χ1n) is 8.11. The Labute approximate surface area is 141 Å². The molecule has 25 heavy (non-hydrogen) atoms. The van der Waals surface area contributed by atoms with Crippen LogP contribution in [0.1, 0.15) is 23.4 Å². The highest BCUT2D eigenvalue weighted by atomic mass is 19.4. The molecule has 4 rings (SSSR count). The summed E-state index contributed by atoms with van der Waals surface area (Å²) in [5, 5.41) is 13.7. The number of halogens is 3. The Bertz CT molecular complexity index is 878. The summed E-state index contributed by atoms with van der Waals surface area (Å²) in [4.78, 5) is 0. The maximum atomic E-state index is 12.9. The van der Waals surface area contributed by atoms with Crippen LogP contribution in [0.25, 0.3) is 5.65 Å². The lowest BCUT2D eigenvalue weighted by molar-refractivity contribution is -0.146. The Morgan fingerprint density at radius 1 is 1.04 bits per heavy atom. The van der Waals surface area contributed by atoms with Gasteiger partial charge in [0.25, 0.3) is 5.82 Å². The first-order valence-corrected chi connectivity index (χ1v) is 8.11. The lowest BCUT2D eigenvalue weighted by atomic mass is 10.0. The number of aromatic nitrogens is 4. The average Bonchev–Trinajstić information content (AvgIpc) is 3.17. The van der Waals surface area contributed by atoms with E-state index >= 15 is 0 Å². The van der Waals surface area contributed by atoms with Gasteiger partial charge in [-0.3, -0.25) is 0 Å². The third-order valence-corrected chi connectivity index (χ3v) is 4.51. The molecule has 1 aromatic carbocycles. The molecule has 0 atom stereocenters. The highest BCUT2D eigenvalue weighted by Gasteiger charge is 2.37. The summed E-state index contributed by atoms with van der Waals surface area (Å²) in [5.41, 5.74) is 2.86. The van der Waals surface area contributed by atoms with Crippen molar-refractivity contribution in [3.63, 3.8) is 0 Å². The second-order valence-corrected chi connectivity index (χ2v) is 6.27. The molecule has 0 aliphatic heterocycles. The van der Waals surface area contributed by atoms with Gasteiger partial charge in [-0.15, -0.1) is 15.3 Å². The SMILES string of the molecule is FC(F)(F)c1nnc2ccc(NCCC3Cc4ccccc4C3)nn12. The topological polar surface area (TPSA) is 55.1 Å². The van der Waals surface area contributed by atoms with Gasteiger partial charge in [-0.1, -0.05) is 24.3 Å². The first-order chi connectivity index (χ1) is 12.0. The van der Waals surface area contributed by atoms with Gasteiger partial charge >= 0.3 is 6.18 Å². The van der Waals surface area contributed by atoms with E-state index in [2.05, 4.69) is 44.9 Å². The molecule has 0 unspecified atom stereocenters. The monoisotopic (exact) mass is 347 g/mol. The van der Waals surface area contributed by atoms with Crippen molar-refractivity contribution in [2.75, 3.05) is 11.9 Å². The van der Waals surface area contributed by atoms with Crippen LogP contribution in [0.5, 0.6) is 0 Å². The summed E-state index contributed by atoms with van der Waals surface area (Å²) >= 11 is 0. The molecule has 2 aromatic heterocycles. The van der Waals surface area contributed by atoms with Crippen molar-refractivity contribution in [3.05, 3.63) is 53.3 Å². The van der Waals surface area contributed by atoms with Crippen LogP contribution >= 0.6 is 0 Å². The van der Waals surface area contributed by atoms with Crippen LogP contribution < -0.4 is 5.32 Å². The summed E-state index contributed by atoms with van der Waals surface area (Å²) < 4.78 is 39.4. The molecule has 0 saturated heterocycles. The van der Waals surface area contributed by atoms with Gasteiger partial charge in [0.2, 0.25) is 0 Å². The van der Waals surface area contributed by atoms with E-state index < -0.39 is 12.0 Å². The Morgan fingerprint density at radius 2 is 1.76 bits per heavy atom. The van der Waals surface area contributed by atoms with Crippen molar-refractivity contribution in [3.8, 4) is 0 Å². The zero-order chi connectivity index (χ0) is 17.4. The van der Waals surface area contributed by atoms with E-state index in [0.717, 1.165) is 23.8 Å². The number of alkyl halides is 3. The molecule has 1 aliphatic rings. The molecule has 2 heterocycles. The molecule has 3 aromatic rings. The quantitative estimate of drug-likeness (QED) is 0.786. The molecule has 5 nitrogen and oxygen atoms in total. The minimum Gasteiger partial charge on any atom is -0.369 e. The fourth-order valence-electron chi connectivity index (χ4n) is 3.32. The van der Waals surface area contributed by atoms with Crippen LogP contribution in [-0.2, 0) is 19.0 Å². The predicted octanol–water partition coefficient (Wildman–Crippen LogP) is 3.36. The van der Waals surface area contributed by atoms with Gasteiger partial charge < -0.3 is 5.32 Å². The molecule has 8 heteroatoms. The minimum atomic E-state index is -4.58. The van der Waals surface area contributed by atoms with Gasteiger partial charge in [0.05, 0.1) is 0 Å². The summed E-state index contributed by atoms with van der Waals surface area (Å²) in [6.07, 6.45) is -1.55. The number of fused-ring (bicyclic) bond motifs is 2. The van der Waals surface area contributed by atoms with Crippen molar-refractivity contribution >= 4 is 11.5 Å². The summed E-state index contributed by atoms with van der Waals surface area (Å²) in [5.74, 6) is -0.181. The van der Waals surface area contributed by atoms with E-state index in [1.54, 1.807) is 6.07 Å². The molecule has 0 bridgehead atoms. The van der Waals surface area contributed by atoms with Crippen molar-refractivity contribution in [2.24, 2.45) is 5.92 Å². The fourth-order valence-corrected chi connectivity index (χ4v) is 3.32. The summed E-state index contributed by atoms with van der Waals surface area (Å²) in [6.45, 7) is 0.653. The van der Waals surface area contributed by atoms with Crippen molar-refractivity contribution in [1.29, 1.82) is 0 Å². The normalized spacial score (nSPS) is 14.8. The molecule has 0 spiro atoms. The number of hydrogen-bond acceptors (Lipinski definition) is 4. The van der Waals surface area contributed by atoms with Crippen molar-refractivity contribution < 1.29 is 13.2 Å². The van der Waals surface area contributed by atoms with Gasteiger partial charge in [0.1, 0.15) is 5.82 Å². The van der Waals surface area contributed by atoms with Crippen LogP contribution in [0, 0.1) is 5.92 Å². The van der Waals surface area contributed by atoms with Gasteiger partial charge in [-0.2, -0.15) is 17.7 Å². The lowest BCUT2D eigenvalue weighted by Gasteiger charge is -2.11. The minimum absolute atomic E-state index is 0.0733. The van der Waals surface area contributed by atoms with Gasteiger partial charge in [-0.05, 0) is 48.4 Å². The molecule has 130 valence electrons. The van der Waals surface area contributed by atoms with Crippen LogP contribution in [0.3, 0.4) is 0 Å². The van der Waals surface area contributed by atoms with Crippen molar-refractivity contribution in [1.82, 2.24) is 19.8 Å². The molecular formula is C17H16F3N5. The van der Waals surface area contributed by atoms with Gasteiger partial charge in [-0.25, -0.2) is 0 Å². The molecule has 0 fully saturated rings. The third kappa shape index (κ3) is 3.16. The molecule has 0 saturated carbocycles.